The quantitative estimate of drug-likeness (QED) is 0.454. The number of H-pyrrole nitrogens is 1. The van der Waals surface area contributed by atoms with E-state index in [-0.39, 0.29) is 0 Å². The second-order valence-electron chi connectivity index (χ2n) is 7.44. The van der Waals surface area contributed by atoms with Crippen molar-refractivity contribution in [3.8, 4) is 22.8 Å². The number of nitrogens with one attached hydrogen (secondary N) is 1. The summed E-state index contributed by atoms with van der Waals surface area (Å²) in [4.78, 5) is 3.75. The predicted octanol–water partition coefficient (Wildman–Crippen LogP) is 5.37. The Morgan fingerprint density at radius 3 is 2.46 bits per heavy atom. The Bertz CT molecular complexity index is 1200. The molecule has 0 radical (unpaired) electrons. The number of aryl methyl sites for hydroxylation is 1. The van der Waals surface area contributed by atoms with E-state index in [1.807, 2.05) is 12.1 Å². The van der Waals surface area contributed by atoms with Gasteiger partial charge in [-0.1, -0.05) is 24.3 Å². The Kier molecular flexibility index (Phi) is 4.16. The molecule has 0 saturated heterocycles. The third kappa shape index (κ3) is 2.62. The summed E-state index contributed by atoms with van der Waals surface area (Å²) >= 11 is 0. The normalized spacial score (nSPS) is 13.5. The zero-order chi connectivity index (χ0) is 19.1. The summed E-state index contributed by atoms with van der Waals surface area (Å²) in [5.41, 5.74) is 6.31. The lowest BCUT2D eigenvalue weighted by Gasteiger charge is -2.20. The maximum atomic E-state index is 5.70. The molecule has 0 amide bonds. The molecule has 140 valence electrons. The van der Waals surface area contributed by atoms with Crippen molar-refractivity contribution in [2.24, 2.45) is 0 Å². The fraction of sp³-hybridized carbons (Fsp3) is 0.240. The third-order valence-corrected chi connectivity index (χ3v) is 5.94. The van der Waals surface area contributed by atoms with Gasteiger partial charge in [-0.3, -0.25) is 0 Å². The Morgan fingerprint density at radius 1 is 0.821 bits per heavy atom. The summed E-state index contributed by atoms with van der Waals surface area (Å²) < 4.78 is 11.2. The lowest BCUT2D eigenvalue weighted by molar-refractivity contribution is -0.331. The molecule has 1 aliphatic carbocycles. The van der Waals surface area contributed by atoms with Gasteiger partial charge in [-0.25, -0.2) is 4.98 Å². The number of ether oxygens (including phenoxy) is 2. The minimum absolute atomic E-state index is 0.840. The van der Waals surface area contributed by atoms with Gasteiger partial charge >= 0.3 is 0 Å². The van der Waals surface area contributed by atoms with Crippen LogP contribution >= 0.6 is 0 Å². The van der Waals surface area contributed by atoms with Gasteiger partial charge in [0.05, 0.1) is 25.2 Å². The SMILES string of the molecule is COc1ccc(OC)c(-c2[nH+]c3ccc4ccccc4c3c3c2CCCC3)c1. The number of methoxy groups -OCH3 is 2. The van der Waals surface area contributed by atoms with Crippen molar-refractivity contribution in [2.45, 2.75) is 25.7 Å². The molecule has 0 spiro atoms. The number of hydrogen-bond donors (Lipinski definition) is 0. The largest absolute Gasteiger partial charge is 0.497 e. The fourth-order valence-electron chi connectivity index (χ4n) is 4.61. The lowest BCUT2D eigenvalue weighted by Crippen LogP contribution is -2.18. The molecule has 1 N–H and O–H groups in total. The van der Waals surface area contributed by atoms with Crippen LogP contribution in [0.4, 0.5) is 0 Å². The molecular weight excluding hydrogens is 346 g/mol. The van der Waals surface area contributed by atoms with Gasteiger partial charge in [0, 0.05) is 11.6 Å². The highest BCUT2D eigenvalue weighted by Gasteiger charge is 2.27. The van der Waals surface area contributed by atoms with E-state index in [1.165, 1.54) is 45.6 Å². The molecule has 3 nitrogen and oxygen atoms in total. The highest BCUT2D eigenvalue weighted by atomic mass is 16.5. The number of hydrogen-bond acceptors (Lipinski definition) is 2. The van der Waals surface area contributed by atoms with Crippen molar-refractivity contribution in [1.82, 2.24) is 0 Å². The molecule has 0 aliphatic heterocycles. The smallest absolute Gasteiger partial charge is 0.218 e. The molecule has 5 rings (SSSR count). The van der Waals surface area contributed by atoms with E-state index in [9.17, 15) is 0 Å². The monoisotopic (exact) mass is 370 g/mol. The minimum atomic E-state index is 0.840. The average Bonchev–Trinajstić information content (AvgIpc) is 2.77. The lowest BCUT2D eigenvalue weighted by atomic mass is 9.85. The summed E-state index contributed by atoms with van der Waals surface area (Å²) in [7, 11) is 3.43. The molecule has 1 aromatic heterocycles. The molecule has 0 fully saturated rings. The molecule has 3 heteroatoms. The number of fused-ring (bicyclic) bond motifs is 5. The Labute approximate surface area is 164 Å². The van der Waals surface area contributed by atoms with Crippen LogP contribution in [0.5, 0.6) is 11.5 Å². The second-order valence-corrected chi connectivity index (χ2v) is 7.44. The van der Waals surface area contributed by atoms with Crippen molar-refractivity contribution in [1.29, 1.82) is 0 Å². The maximum absolute atomic E-state index is 5.70. The van der Waals surface area contributed by atoms with Crippen molar-refractivity contribution in [3.63, 3.8) is 0 Å². The average molecular weight is 370 g/mol. The van der Waals surface area contributed by atoms with Gasteiger partial charge in [-0.2, -0.15) is 0 Å². The van der Waals surface area contributed by atoms with E-state index in [4.69, 9.17) is 9.47 Å². The molecule has 28 heavy (non-hydrogen) atoms. The standard InChI is InChI=1S/C25H23NO2/c1-27-17-12-14-23(28-2)21(15-17)25-20-10-6-5-9-19(20)24-18-8-4-3-7-16(18)11-13-22(24)26-25/h3-4,7-8,11-15H,5-6,9-10H2,1-2H3/p+1. The van der Waals surface area contributed by atoms with E-state index in [0.29, 0.717) is 0 Å². The third-order valence-electron chi connectivity index (χ3n) is 5.94. The summed E-state index contributed by atoms with van der Waals surface area (Å²) in [6, 6.07) is 19.1. The molecule has 1 aliphatic rings. The van der Waals surface area contributed by atoms with E-state index in [0.717, 1.165) is 35.6 Å². The van der Waals surface area contributed by atoms with Gasteiger partial charge < -0.3 is 9.47 Å². The number of benzene rings is 3. The molecule has 0 bridgehead atoms. The van der Waals surface area contributed by atoms with Crippen LogP contribution in [0.25, 0.3) is 32.9 Å². The van der Waals surface area contributed by atoms with E-state index < -0.39 is 0 Å². The van der Waals surface area contributed by atoms with Gasteiger partial charge in [0.1, 0.15) is 11.5 Å². The zero-order valence-corrected chi connectivity index (χ0v) is 16.3. The Balaban J connectivity index is 1.88. The van der Waals surface area contributed by atoms with Gasteiger partial charge in [0.2, 0.25) is 11.2 Å². The van der Waals surface area contributed by atoms with Crippen LogP contribution in [0.3, 0.4) is 0 Å². The topological polar surface area (TPSA) is 32.6 Å². The van der Waals surface area contributed by atoms with Gasteiger partial charge in [0.15, 0.2) is 0 Å². The minimum Gasteiger partial charge on any atom is -0.497 e. The maximum Gasteiger partial charge on any atom is 0.218 e. The summed E-state index contributed by atoms with van der Waals surface area (Å²) in [6.45, 7) is 0. The molecular formula is C25H24NO2+. The predicted molar refractivity (Wildman–Crippen MR) is 113 cm³/mol. The highest BCUT2D eigenvalue weighted by molar-refractivity contribution is 6.07. The van der Waals surface area contributed by atoms with Gasteiger partial charge in [-0.15, -0.1) is 0 Å². The summed E-state index contributed by atoms with van der Waals surface area (Å²) in [5.74, 6) is 1.71. The van der Waals surface area contributed by atoms with Crippen LogP contribution in [0.15, 0.2) is 54.6 Å². The van der Waals surface area contributed by atoms with E-state index >= 15 is 0 Å². The molecule has 0 unspecified atom stereocenters. The first-order valence-corrected chi connectivity index (χ1v) is 9.91. The Hall–Kier alpha value is -3.07. The molecule has 4 aromatic rings. The molecule has 0 atom stereocenters. The fourth-order valence-corrected chi connectivity index (χ4v) is 4.61. The Morgan fingerprint density at radius 2 is 1.64 bits per heavy atom. The first-order chi connectivity index (χ1) is 13.8. The first-order valence-electron chi connectivity index (χ1n) is 9.91. The first kappa shape index (κ1) is 17.1. The van der Waals surface area contributed by atoms with Crippen molar-refractivity contribution in [3.05, 3.63) is 65.7 Å². The number of pyridine rings is 1. The number of aromatic nitrogens is 1. The molecule has 1 heterocycles. The van der Waals surface area contributed by atoms with E-state index in [2.05, 4.69) is 47.4 Å². The number of aromatic amines is 1. The van der Waals surface area contributed by atoms with Gasteiger partial charge in [0.25, 0.3) is 0 Å². The molecule has 3 aromatic carbocycles. The van der Waals surface area contributed by atoms with Crippen LogP contribution in [-0.4, -0.2) is 14.2 Å². The zero-order valence-electron chi connectivity index (χ0n) is 16.3. The number of rotatable bonds is 3. The van der Waals surface area contributed by atoms with Crippen LogP contribution in [0.1, 0.15) is 24.0 Å². The van der Waals surface area contributed by atoms with Gasteiger partial charge in [-0.05, 0) is 66.3 Å². The van der Waals surface area contributed by atoms with E-state index in [1.54, 1.807) is 14.2 Å². The van der Waals surface area contributed by atoms with Crippen molar-refractivity contribution >= 4 is 21.7 Å². The van der Waals surface area contributed by atoms with Crippen LogP contribution in [-0.2, 0) is 12.8 Å². The van der Waals surface area contributed by atoms with Crippen molar-refractivity contribution in [2.75, 3.05) is 14.2 Å². The summed E-state index contributed by atoms with van der Waals surface area (Å²) in [6.07, 6.45) is 4.66. The van der Waals surface area contributed by atoms with Crippen LogP contribution in [0.2, 0.25) is 0 Å². The summed E-state index contributed by atoms with van der Waals surface area (Å²) in [5, 5.41) is 4.00. The second kappa shape index (κ2) is 6.83. The van der Waals surface area contributed by atoms with Crippen LogP contribution in [0, 0.1) is 0 Å². The van der Waals surface area contributed by atoms with Crippen molar-refractivity contribution < 1.29 is 14.5 Å². The molecule has 0 saturated carbocycles. The van der Waals surface area contributed by atoms with Crippen LogP contribution < -0.4 is 14.5 Å². The highest BCUT2D eigenvalue weighted by Crippen LogP contribution is 2.39.